The summed E-state index contributed by atoms with van der Waals surface area (Å²) < 4.78 is 17.8. The molecule has 0 bridgehead atoms. The zero-order chi connectivity index (χ0) is 27.7. The van der Waals surface area contributed by atoms with Crippen LogP contribution < -0.4 is 20.1 Å². The standard InChI is InChI=1S/C28H40N4O6/c1-18(2)14-19(15-25(33)29-17-26(34)38-5)30-28(35)21-16-22(32(31-21)20-10-7-6-8-11-20)27-23(36-3)12-9-13-24(27)37-4/h9,12-13,16,18-20H,6-8,10-11,14-15,17H2,1-5H3,(H,29,33)(H,30,35)/t19-/m0/s1. The minimum atomic E-state index is -0.532. The summed E-state index contributed by atoms with van der Waals surface area (Å²) in [6.07, 6.45) is 5.98. The van der Waals surface area contributed by atoms with Crippen molar-refractivity contribution >= 4 is 17.8 Å². The quantitative estimate of drug-likeness (QED) is 0.401. The third-order valence-electron chi connectivity index (χ3n) is 6.75. The van der Waals surface area contributed by atoms with Crippen molar-refractivity contribution in [3.63, 3.8) is 0 Å². The Morgan fingerprint density at radius 3 is 2.29 bits per heavy atom. The van der Waals surface area contributed by atoms with Gasteiger partial charge in [-0.1, -0.05) is 39.2 Å². The highest BCUT2D eigenvalue weighted by molar-refractivity contribution is 5.94. The maximum Gasteiger partial charge on any atom is 0.325 e. The van der Waals surface area contributed by atoms with Crippen LogP contribution in [0, 0.1) is 5.92 Å². The summed E-state index contributed by atoms with van der Waals surface area (Å²) in [4.78, 5) is 37.3. The molecule has 3 rings (SSSR count). The molecule has 2 amide bonds. The van der Waals surface area contributed by atoms with Gasteiger partial charge in [0.1, 0.15) is 18.0 Å². The van der Waals surface area contributed by atoms with Crippen LogP contribution in [0.3, 0.4) is 0 Å². The molecule has 38 heavy (non-hydrogen) atoms. The number of benzene rings is 1. The molecule has 1 atom stereocenters. The molecular weight excluding hydrogens is 488 g/mol. The van der Waals surface area contributed by atoms with Crippen LogP contribution in [-0.4, -0.2) is 61.5 Å². The zero-order valence-corrected chi connectivity index (χ0v) is 23.0. The lowest BCUT2D eigenvalue weighted by Gasteiger charge is -2.25. The van der Waals surface area contributed by atoms with Crippen LogP contribution in [0.4, 0.5) is 0 Å². The fraction of sp³-hybridized carbons (Fsp3) is 0.571. The van der Waals surface area contributed by atoms with Gasteiger partial charge in [-0.3, -0.25) is 19.1 Å². The third kappa shape index (κ3) is 7.49. The molecule has 0 unspecified atom stereocenters. The maximum atomic E-state index is 13.5. The molecule has 1 heterocycles. The van der Waals surface area contributed by atoms with Crippen LogP contribution in [0.2, 0.25) is 0 Å². The molecule has 208 valence electrons. The summed E-state index contributed by atoms with van der Waals surface area (Å²) in [6, 6.07) is 7.09. The van der Waals surface area contributed by atoms with E-state index in [9.17, 15) is 14.4 Å². The van der Waals surface area contributed by atoms with Crippen LogP contribution in [0.1, 0.15) is 75.3 Å². The third-order valence-corrected chi connectivity index (χ3v) is 6.75. The molecule has 1 aliphatic carbocycles. The Hall–Kier alpha value is -3.56. The summed E-state index contributed by atoms with van der Waals surface area (Å²) in [5, 5.41) is 10.3. The van der Waals surface area contributed by atoms with Gasteiger partial charge in [0.25, 0.3) is 5.91 Å². The van der Waals surface area contributed by atoms with E-state index in [0.717, 1.165) is 36.9 Å². The maximum absolute atomic E-state index is 13.5. The number of rotatable bonds is 12. The fourth-order valence-electron chi connectivity index (χ4n) is 4.96. The Balaban J connectivity index is 1.91. The van der Waals surface area contributed by atoms with Gasteiger partial charge in [-0.15, -0.1) is 0 Å². The number of carbonyl (C=O) groups excluding carboxylic acids is 3. The Morgan fingerprint density at radius 1 is 1.05 bits per heavy atom. The van der Waals surface area contributed by atoms with Gasteiger partial charge in [-0.2, -0.15) is 5.10 Å². The molecule has 10 heteroatoms. The zero-order valence-electron chi connectivity index (χ0n) is 23.0. The van der Waals surface area contributed by atoms with Crippen LogP contribution in [0.25, 0.3) is 11.3 Å². The monoisotopic (exact) mass is 528 g/mol. The summed E-state index contributed by atoms with van der Waals surface area (Å²) in [6.45, 7) is 3.83. The number of hydrogen-bond acceptors (Lipinski definition) is 7. The van der Waals surface area contributed by atoms with E-state index >= 15 is 0 Å². The van der Waals surface area contributed by atoms with Gasteiger partial charge in [0, 0.05) is 12.5 Å². The highest BCUT2D eigenvalue weighted by Crippen LogP contribution is 2.41. The van der Waals surface area contributed by atoms with Crippen LogP contribution in [0.15, 0.2) is 24.3 Å². The van der Waals surface area contributed by atoms with Gasteiger partial charge in [-0.25, -0.2) is 0 Å². The second-order valence-corrected chi connectivity index (χ2v) is 10.0. The first-order valence-corrected chi connectivity index (χ1v) is 13.2. The van der Waals surface area contributed by atoms with Gasteiger partial charge in [0.05, 0.1) is 38.6 Å². The number of aromatic nitrogens is 2. The topological polar surface area (TPSA) is 121 Å². The van der Waals surface area contributed by atoms with Gasteiger partial charge >= 0.3 is 5.97 Å². The molecule has 1 fully saturated rings. The Bertz CT molecular complexity index is 1080. The number of esters is 1. The molecule has 0 radical (unpaired) electrons. The smallest absolute Gasteiger partial charge is 0.325 e. The summed E-state index contributed by atoms with van der Waals surface area (Å²) >= 11 is 0. The average Bonchev–Trinajstić information content (AvgIpc) is 3.36. The Kier molecular flexibility index (Phi) is 10.6. The molecule has 0 spiro atoms. The van der Waals surface area contributed by atoms with Crippen LogP contribution in [-0.2, 0) is 14.3 Å². The molecule has 1 aromatic heterocycles. The van der Waals surface area contributed by atoms with E-state index in [1.165, 1.54) is 13.5 Å². The molecular formula is C28H40N4O6. The van der Waals surface area contributed by atoms with E-state index < -0.39 is 12.0 Å². The normalized spacial score (nSPS) is 14.6. The molecule has 1 aliphatic rings. The van der Waals surface area contributed by atoms with Crippen molar-refractivity contribution in [2.75, 3.05) is 27.9 Å². The minimum Gasteiger partial charge on any atom is -0.496 e. The number of nitrogens with one attached hydrogen (secondary N) is 2. The molecule has 1 saturated carbocycles. The van der Waals surface area contributed by atoms with E-state index in [0.29, 0.717) is 17.9 Å². The lowest BCUT2D eigenvalue weighted by Crippen LogP contribution is -2.41. The first-order valence-electron chi connectivity index (χ1n) is 13.2. The van der Waals surface area contributed by atoms with Crippen molar-refractivity contribution in [3.05, 3.63) is 30.0 Å². The van der Waals surface area contributed by atoms with Crippen molar-refractivity contribution in [3.8, 4) is 22.8 Å². The van der Waals surface area contributed by atoms with E-state index in [4.69, 9.17) is 14.6 Å². The van der Waals surface area contributed by atoms with Gasteiger partial charge in [0.15, 0.2) is 5.69 Å². The van der Waals surface area contributed by atoms with Crippen molar-refractivity contribution in [1.29, 1.82) is 0 Å². The molecule has 1 aromatic carbocycles. The highest BCUT2D eigenvalue weighted by atomic mass is 16.5. The SMILES string of the molecule is COC(=O)CNC(=O)C[C@H](CC(C)C)NC(=O)c1cc(-c2c(OC)cccc2OC)n(C2CCCCC2)n1. The molecule has 0 aliphatic heterocycles. The first-order chi connectivity index (χ1) is 18.3. The van der Waals surface area contributed by atoms with Crippen LogP contribution >= 0.6 is 0 Å². The van der Waals surface area contributed by atoms with E-state index in [1.807, 2.05) is 36.7 Å². The van der Waals surface area contributed by atoms with Gasteiger partial charge in [0.2, 0.25) is 5.91 Å². The number of amides is 2. The van der Waals surface area contributed by atoms with E-state index in [1.54, 1.807) is 20.3 Å². The summed E-state index contributed by atoms with van der Waals surface area (Å²) in [7, 11) is 4.47. The van der Waals surface area contributed by atoms with Crippen molar-refractivity contribution in [1.82, 2.24) is 20.4 Å². The number of ether oxygens (including phenoxy) is 3. The minimum absolute atomic E-state index is 0.0391. The average molecular weight is 529 g/mol. The fourth-order valence-corrected chi connectivity index (χ4v) is 4.96. The van der Waals surface area contributed by atoms with Crippen molar-refractivity contribution in [2.24, 2.45) is 5.92 Å². The van der Waals surface area contributed by atoms with Gasteiger partial charge < -0.3 is 24.8 Å². The number of methoxy groups -OCH3 is 3. The Morgan fingerprint density at radius 2 is 1.71 bits per heavy atom. The van der Waals surface area contributed by atoms with Crippen molar-refractivity contribution < 1.29 is 28.6 Å². The summed E-state index contributed by atoms with van der Waals surface area (Å²) in [5.41, 5.74) is 1.77. The first kappa shape index (κ1) is 29.0. The van der Waals surface area contributed by atoms with Crippen LogP contribution in [0.5, 0.6) is 11.5 Å². The van der Waals surface area contributed by atoms with E-state index in [-0.39, 0.29) is 42.4 Å². The predicted molar refractivity (Wildman–Crippen MR) is 143 cm³/mol. The van der Waals surface area contributed by atoms with Gasteiger partial charge in [-0.05, 0) is 43.4 Å². The Labute approximate surface area is 224 Å². The predicted octanol–water partition coefficient (Wildman–Crippen LogP) is 3.90. The lowest BCUT2D eigenvalue weighted by atomic mass is 9.95. The molecule has 0 saturated heterocycles. The molecule has 10 nitrogen and oxygen atoms in total. The lowest BCUT2D eigenvalue weighted by molar-refractivity contribution is -0.141. The van der Waals surface area contributed by atoms with E-state index in [2.05, 4.69) is 15.4 Å². The van der Waals surface area contributed by atoms with Crippen molar-refractivity contribution in [2.45, 2.75) is 70.9 Å². The number of nitrogens with zero attached hydrogens (tertiary/aromatic N) is 2. The second kappa shape index (κ2) is 13.8. The highest BCUT2D eigenvalue weighted by Gasteiger charge is 2.27. The molecule has 2 N–H and O–H groups in total. The largest absolute Gasteiger partial charge is 0.496 e. The second-order valence-electron chi connectivity index (χ2n) is 10.0. The summed E-state index contributed by atoms with van der Waals surface area (Å²) in [5.74, 6) is 0.272. The number of carbonyl (C=O) groups is 3. The molecule has 2 aromatic rings. The number of hydrogen-bond donors (Lipinski definition) is 2.